The Balaban J connectivity index is 2.47. The molecular formula is C16H29N3O. The topological polar surface area (TPSA) is 44.4 Å². The van der Waals surface area contributed by atoms with Gasteiger partial charge in [-0.3, -0.25) is 9.69 Å². The van der Waals surface area contributed by atoms with Gasteiger partial charge in [0.05, 0.1) is 6.54 Å². The maximum atomic E-state index is 12.2. The Morgan fingerprint density at radius 3 is 2.60 bits per heavy atom. The van der Waals surface area contributed by atoms with Crippen LogP contribution >= 0.6 is 0 Å². The molecule has 2 N–H and O–H groups in total. The second-order valence-corrected chi connectivity index (χ2v) is 5.60. The van der Waals surface area contributed by atoms with Gasteiger partial charge in [-0.1, -0.05) is 26.7 Å². The largest absolute Gasteiger partial charge is 0.339 e. The number of hydrogen-bond acceptors (Lipinski definition) is 3. The minimum atomic E-state index is -0.484. The molecule has 1 saturated heterocycles. The van der Waals surface area contributed by atoms with Gasteiger partial charge in [0.15, 0.2) is 0 Å². The fraction of sp³-hybridized carbons (Fsp3) is 0.812. The Bertz CT molecular complexity index is 338. The van der Waals surface area contributed by atoms with E-state index >= 15 is 0 Å². The van der Waals surface area contributed by atoms with E-state index < -0.39 is 5.54 Å². The summed E-state index contributed by atoms with van der Waals surface area (Å²) in [5, 5.41) is 6.50. The molecule has 1 aliphatic rings. The number of likely N-dealkylation sites (N-methyl/N-ethyl adjacent to an activating group) is 1. The highest BCUT2D eigenvalue weighted by molar-refractivity contribution is 5.79. The first-order valence-electron chi connectivity index (χ1n) is 7.83. The summed E-state index contributed by atoms with van der Waals surface area (Å²) in [5.74, 6) is 2.78. The standard InChI is InChI=1S/C16H29N3O/c1-5-16(6-2,7-3)18-15(20)13-19(8-4)12-14-10-9-11-17-14/h1,14,17H,6-13H2,2-4H3,(H,18,20). The predicted octanol–water partition coefficient (Wildman–Crippen LogP) is 1.37. The number of nitrogens with zero attached hydrogens (tertiary/aromatic N) is 1. The van der Waals surface area contributed by atoms with Crippen molar-refractivity contribution in [2.75, 3.05) is 26.2 Å². The summed E-state index contributed by atoms with van der Waals surface area (Å²) in [6.45, 7) is 9.47. The fourth-order valence-electron chi connectivity index (χ4n) is 2.71. The fourth-order valence-corrected chi connectivity index (χ4v) is 2.71. The molecule has 20 heavy (non-hydrogen) atoms. The van der Waals surface area contributed by atoms with Crippen LogP contribution in [0.1, 0.15) is 46.5 Å². The Morgan fingerprint density at radius 1 is 1.45 bits per heavy atom. The molecular weight excluding hydrogens is 250 g/mol. The van der Waals surface area contributed by atoms with Crippen LogP contribution in [0, 0.1) is 12.3 Å². The zero-order valence-corrected chi connectivity index (χ0v) is 13.2. The number of amides is 1. The summed E-state index contributed by atoms with van der Waals surface area (Å²) in [7, 11) is 0. The predicted molar refractivity (Wildman–Crippen MR) is 83.4 cm³/mol. The van der Waals surface area contributed by atoms with Crippen molar-refractivity contribution < 1.29 is 4.79 Å². The van der Waals surface area contributed by atoms with Crippen molar-refractivity contribution in [1.29, 1.82) is 0 Å². The highest BCUT2D eigenvalue weighted by Gasteiger charge is 2.26. The van der Waals surface area contributed by atoms with Crippen LogP contribution in [0.2, 0.25) is 0 Å². The molecule has 1 aliphatic heterocycles. The molecule has 0 spiro atoms. The molecule has 1 amide bonds. The van der Waals surface area contributed by atoms with E-state index in [1.54, 1.807) is 0 Å². The van der Waals surface area contributed by atoms with Crippen molar-refractivity contribution in [3.8, 4) is 12.3 Å². The molecule has 1 rings (SSSR count). The van der Waals surface area contributed by atoms with Crippen LogP contribution in [0.25, 0.3) is 0 Å². The Morgan fingerprint density at radius 2 is 2.15 bits per heavy atom. The van der Waals surface area contributed by atoms with Gasteiger partial charge < -0.3 is 10.6 Å². The number of hydrogen-bond donors (Lipinski definition) is 2. The molecule has 1 atom stereocenters. The minimum absolute atomic E-state index is 0.0338. The lowest BCUT2D eigenvalue weighted by Crippen LogP contribution is -2.51. The highest BCUT2D eigenvalue weighted by atomic mass is 16.2. The summed E-state index contributed by atoms with van der Waals surface area (Å²) in [5.41, 5.74) is -0.484. The third-order valence-electron chi connectivity index (χ3n) is 4.32. The van der Waals surface area contributed by atoms with Gasteiger partial charge in [-0.2, -0.15) is 0 Å². The van der Waals surface area contributed by atoms with Gasteiger partial charge in [0.1, 0.15) is 5.54 Å². The monoisotopic (exact) mass is 279 g/mol. The third kappa shape index (κ3) is 4.81. The van der Waals surface area contributed by atoms with Crippen LogP contribution in [0.15, 0.2) is 0 Å². The van der Waals surface area contributed by atoms with Crippen molar-refractivity contribution in [1.82, 2.24) is 15.5 Å². The van der Waals surface area contributed by atoms with Crippen LogP contribution in [0.5, 0.6) is 0 Å². The molecule has 0 aromatic carbocycles. The molecule has 0 aromatic heterocycles. The molecule has 114 valence electrons. The molecule has 0 bridgehead atoms. The van der Waals surface area contributed by atoms with E-state index in [1.807, 2.05) is 13.8 Å². The molecule has 1 fully saturated rings. The first-order valence-corrected chi connectivity index (χ1v) is 7.83. The summed E-state index contributed by atoms with van der Waals surface area (Å²) in [6, 6.07) is 0.525. The Labute approximate surface area is 123 Å². The number of carbonyl (C=O) groups is 1. The quantitative estimate of drug-likeness (QED) is 0.660. The van der Waals surface area contributed by atoms with Gasteiger partial charge in [-0.05, 0) is 38.8 Å². The number of rotatable bonds is 8. The van der Waals surface area contributed by atoms with E-state index in [0.29, 0.717) is 12.6 Å². The van der Waals surface area contributed by atoms with Gasteiger partial charge in [0, 0.05) is 12.6 Å². The smallest absolute Gasteiger partial charge is 0.235 e. The highest BCUT2D eigenvalue weighted by Crippen LogP contribution is 2.13. The molecule has 0 radical (unpaired) electrons. The Kier molecular flexibility index (Phi) is 7.04. The van der Waals surface area contributed by atoms with Crippen LogP contribution in [0.4, 0.5) is 0 Å². The van der Waals surface area contributed by atoms with Gasteiger partial charge in [0.2, 0.25) is 5.91 Å². The number of nitrogens with one attached hydrogen (secondary N) is 2. The van der Waals surface area contributed by atoms with Crippen molar-refractivity contribution in [2.45, 2.75) is 58.0 Å². The summed E-state index contributed by atoms with van der Waals surface area (Å²) in [4.78, 5) is 14.4. The lowest BCUT2D eigenvalue weighted by molar-refractivity contribution is -0.123. The van der Waals surface area contributed by atoms with Crippen molar-refractivity contribution in [3.05, 3.63) is 0 Å². The molecule has 4 heteroatoms. The molecule has 1 heterocycles. The third-order valence-corrected chi connectivity index (χ3v) is 4.32. The van der Waals surface area contributed by atoms with E-state index in [0.717, 1.165) is 32.5 Å². The average molecular weight is 279 g/mol. The van der Waals surface area contributed by atoms with E-state index in [-0.39, 0.29) is 5.91 Å². The molecule has 0 saturated carbocycles. The van der Waals surface area contributed by atoms with Crippen LogP contribution in [-0.4, -0.2) is 48.6 Å². The first-order chi connectivity index (χ1) is 9.59. The first kappa shape index (κ1) is 17.0. The van der Waals surface area contributed by atoms with Gasteiger partial charge in [-0.25, -0.2) is 0 Å². The van der Waals surface area contributed by atoms with Crippen molar-refractivity contribution in [3.63, 3.8) is 0 Å². The average Bonchev–Trinajstić information content (AvgIpc) is 2.97. The normalized spacial score (nSPS) is 19.1. The van der Waals surface area contributed by atoms with Crippen molar-refractivity contribution in [2.24, 2.45) is 0 Å². The summed E-state index contributed by atoms with van der Waals surface area (Å²) in [6.07, 6.45) is 9.56. The zero-order valence-electron chi connectivity index (χ0n) is 13.2. The lowest BCUT2D eigenvalue weighted by Gasteiger charge is -2.29. The van der Waals surface area contributed by atoms with Crippen molar-refractivity contribution >= 4 is 5.91 Å². The number of terminal acetylenes is 1. The second kappa shape index (κ2) is 8.28. The summed E-state index contributed by atoms with van der Waals surface area (Å²) < 4.78 is 0. The summed E-state index contributed by atoms with van der Waals surface area (Å²) >= 11 is 0. The Hall–Kier alpha value is -1.05. The van der Waals surface area contributed by atoms with Gasteiger partial charge in [0.25, 0.3) is 0 Å². The second-order valence-electron chi connectivity index (χ2n) is 5.60. The van der Waals surface area contributed by atoms with Crippen LogP contribution < -0.4 is 10.6 Å². The van der Waals surface area contributed by atoms with E-state index in [9.17, 15) is 4.79 Å². The van der Waals surface area contributed by atoms with Gasteiger partial charge in [-0.15, -0.1) is 6.42 Å². The zero-order chi connectivity index (χ0) is 15.0. The minimum Gasteiger partial charge on any atom is -0.339 e. The maximum absolute atomic E-state index is 12.2. The van der Waals surface area contributed by atoms with E-state index in [4.69, 9.17) is 6.42 Å². The molecule has 4 nitrogen and oxygen atoms in total. The van der Waals surface area contributed by atoms with Crippen LogP contribution in [-0.2, 0) is 4.79 Å². The van der Waals surface area contributed by atoms with Crippen LogP contribution in [0.3, 0.4) is 0 Å². The molecule has 1 unspecified atom stereocenters. The maximum Gasteiger partial charge on any atom is 0.235 e. The molecule has 0 aromatic rings. The van der Waals surface area contributed by atoms with E-state index in [1.165, 1.54) is 12.8 Å². The van der Waals surface area contributed by atoms with E-state index in [2.05, 4.69) is 28.4 Å². The SMILES string of the molecule is C#CC(CC)(CC)NC(=O)CN(CC)CC1CCCN1. The number of carbonyl (C=O) groups excluding carboxylic acids is 1. The lowest BCUT2D eigenvalue weighted by atomic mass is 9.94. The van der Waals surface area contributed by atoms with Gasteiger partial charge >= 0.3 is 0 Å². The molecule has 0 aliphatic carbocycles.